The van der Waals surface area contributed by atoms with Crippen LogP contribution >= 0.6 is 23.2 Å². The van der Waals surface area contributed by atoms with Crippen LogP contribution in [-0.2, 0) is 9.53 Å². The molecule has 0 unspecified atom stereocenters. The number of carbonyl (C=O) groups excluding carboxylic acids is 2. The number of rotatable bonds is 5. The van der Waals surface area contributed by atoms with E-state index in [9.17, 15) is 9.59 Å². The van der Waals surface area contributed by atoms with Crippen molar-refractivity contribution < 1.29 is 14.3 Å². The maximum absolute atomic E-state index is 12.7. The number of carbonyl (C=O) groups is 2. The summed E-state index contributed by atoms with van der Waals surface area (Å²) >= 11 is 12.1. The molecule has 0 atom stereocenters. The van der Waals surface area contributed by atoms with Crippen LogP contribution in [0.25, 0.3) is 0 Å². The van der Waals surface area contributed by atoms with E-state index in [-0.39, 0.29) is 24.5 Å². The van der Waals surface area contributed by atoms with Gasteiger partial charge in [-0.1, -0.05) is 48.5 Å². The van der Waals surface area contributed by atoms with E-state index in [0.29, 0.717) is 22.3 Å². The number of hydrogen-bond acceptors (Lipinski definition) is 3. The van der Waals surface area contributed by atoms with Crippen LogP contribution in [0.4, 0.5) is 10.5 Å². The Morgan fingerprint density at radius 2 is 1.96 bits per heavy atom. The zero-order valence-corrected chi connectivity index (χ0v) is 15.2. The molecule has 1 N–H and O–H groups in total. The van der Waals surface area contributed by atoms with Crippen LogP contribution in [0.15, 0.2) is 18.2 Å². The molecule has 2 amide bonds. The first-order valence-corrected chi connectivity index (χ1v) is 8.87. The van der Waals surface area contributed by atoms with Gasteiger partial charge in [-0.25, -0.2) is 4.79 Å². The molecule has 2 rings (SSSR count). The summed E-state index contributed by atoms with van der Waals surface area (Å²) in [4.78, 5) is 25.9. The van der Waals surface area contributed by atoms with Crippen molar-refractivity contribution in [2.24, 2.45) is 0 Å². The summed E-state index contributed by atoms with van der Waals surface area (Å²) in [6.07, 6.45) is 5.41. The molecule has 1 fully saturated rings. The first-order valence-electron chi connectivity index (χ1n) is 8.11. The van der Waals surface area contributed by atoms with Gasteiger partial charge in [-0.2, -0.15) is 0 Å². The lowest BCUT2D eigenvalue weighted by Crippen LogP contribution is -2.45. The fourth-order valence-corrected chi connectivity index (χ4v) is 3.29. The summed E-state index contributed by atoms with van der Waals surface area (Å²) in [5, 5.41) is 3.50. The van der Waals surface area contributed by atoms with Crippen molar-refractivity contribution in [3.63, 3.8) is 0 Å². The van der Waals surface area contributed by atoms with Gasteiger partial charge in [0.25, 0.3) is 0 Å². The molecule has 1 saturated carbocycles. The Kier molecular flexibility index (Phi) is 7.18. The van der Waals surface area contributed by atoms with E-state index >= 15 is 0 Å². The summed E-state index contributed by atoms with van der Waals surface area (Å²) in [5.41, 5.74) is 0.466. The van der Waals surface area contributed by atoms with Gasteiger partial charge in [0.15, 0.2) is 0 Å². The Bertz CT molecular complexity index is 589. The van der Waals surface area contributed by atoms with E-state index in [4.69, 9.17) is 23.2 Å². The Morgan fingerprint density at radius 1 is 1.25 bits per heavy atom. The monoisotopic (exact) mass is 372 g/mol. The highest BCUT2D eigenvalue weighted by Crippen LogP contribution is 2.30. The number of methoxy groups -OCH3 is 1. The number of benzene rings is 1. The molecule has 0 aromatic heterocycles. The maximum Gasteiger partial charge on any atom is 0.322 e. The van der Waals surface area contributed by atoms with Gasteiger partial charge in [-0.3, -0.25) is 4.79 Å². The predicted molar refractivity (Wildman–Crippen MR) is 95.7 cm³/mol. The molecular weight excluding hydrogens is 351 g/mol. The molecule has 0 saturated heterocycles. The Hall–Kier alpha value is -1.46. The second-order valence-electron chi connectivity index (χ2n) is 5.84. The Morgan fingerprint density at radius 3 is 2.62 bits per heavy atom. The highest BCUT2D eigenvalue weighted by Gasteiger charge is 2.26. The molecule has 0 radical (unpaired) electrons. The van der Waals surface area contributed by atoms with Crippen LogP contribution < -0.4 is 5.32 Å². The van der Waals surface area contributed by atoms with Crippen LogP contribution in [0.3, 0.4) is 0 Å². The molecule has 0 aliphatic heterocycles. The Balaban J connectivity index is 2.10. The number of amides is 2. The third kappa shape index (κ3) is 5.02. The van der Waals surface area contributed by atoms with E-state index in [1.54, 1.807) is 23.1 Å². The minimum atomic E-state index is -0.329. The van der Waals surface area contributed by atoms with Crippen molar-refractivity contribution in [1.82, 2.24) is 4.90 Å². The summed E-state index contributed by atoms with van der Waals surface area (Å²) in [6, 6.07) is 4.95. The molecule has 132 valence electrons. The number of esters is 1. The minimum Gasteiger partial charge on any atom is -0.469 e. The van der Waals surface area contributed by atoms with Gasteiger partial charge < -0.3 is 15.0 Å². The van der Waals surface area contributed by atoms with E-state index in [0.717, 1.165) is 25.7 Å². The lowest BCUT2D eigenvalue weighted by molar-refractivity contribution is -0.140. The SMILES string of the molecule is COC(=O)CCN(C(=O)Nc1cccc(Cl)c1Cl)C1CCCCC1. The van der Waals surface area contributed by atoms with Gasteiger partial charge >= 0.3 is 12.0 Å². The first-order chi connectivity index (χ1) is 11.5. The molecule has 0 spiro atoms. The van der Waals surface area contributed by atoms with Crippen molar-refractivity contribution in [2.75, 3.05) is 19.0 Å². The summed E-state index contributed by atoms with van der Waals surface area (Å²) < 4.78 is 4.68. The van der Waals surface area contributed by atoms with Gasteiger partial charge in [0.05, 0.1) is 29.3 Å². The largest absolute Gasteiger partial charge is 0.469 e. The average Bonchev–Trinajstić information content (AvgIpc) is 2.60. The first kappa shape index (κ1) is 18.9. The zero-order chi connectivity index (χ0) is 17.5. The zero-order valence-electron chi connectivity index (χ0n) is 13.7. The van der Waals surface area contributed by atoms with Gasteiger partial charge in [-0.15, -0.1) is 0 Å². The summed E-state index contributed by atoms with van der Waals surface area (Å²) in [6.45, 7) is 0.321. The van der Waals surface area contributed by atoms with E-state index in [1.807, 2.05) is 0 Å². The van der Waals surface area contributed by atoms with Crippen LogP contribution in [0.1, 0.15) is 38.5 Å². The molecule has 1 aromatic carbocycles. The Labute approximate surface area is 152 Å². The van der Waals surface area contributed by atoms with Gasteiger partial charge in [0.1, 0.15) is 0 Å². The van der Waals surface area contributed by atoms with Crippen molar-refractivity contribution in [3.8, 4) is 0 Å². The van der Waals surface area contributed by atoms with Crippen molar-refractivity contribution in [2.45, 2.75) is 44.6 Å². The number of hydrogen-bond donors (Lipinski definition) is 1. The average molecular weight is 373 g/mol. The molecular formula is C17H22Cl2N2O3. The molecule has 24 heavy (non-hydrogen) atoms. The quantitative estimate of drug-likeness (QED) is 0.760. The van der Waals surface area contributed by atoms with Crippen LogP contribution in [0, 0.1) is 0 Å². The van der Waals surface area contributed by atoms with E-state index in [1.165, 1.54) is 13.5 Å². The predicted octanol–water partition coefficient (Wildman–Crippen LogP) is 4.72. The molecule has 1 aliphatic rings. The van der Waals surface area contributed by atoms with Gasteiger partial charge in [-0.05, 0) is 25.0 Å². The standard InChI is InChI=1S/C17H22Cl2N2O3/c1-24-15(22)10-11-21(12-6-3-2-4-7-12)17(23)20-14-9-5-8-13(18)16(14)19/h5,8-9,12H,2-4,6-7,10-11H2,1H3,(H,20,23). The number of anilines is 1. The van der Waals surface area contributed by atoms with Gasteiger partial charge in [0, 0.05) is 12.6 Å². The lowest BCUT2D eigenvalue weighted by atomic mass is 9.94. The second-order valence-corrected chi connectivity index (χ2v) is 6.63. The van der Waals surface area contributed by atoms with Crippen LogP contribution in [-0.4, -0.2) is 36.6 Å². The maximum atomic E-state index is 12.7. The molecule has 0 heterocycles. The number of urea groups is 1. The van der Waals surface area contributed by atoms with Crippen molar-refractivity contribution >= 4 is 40.9 Å². The molecule has 1 aliphatic carbocycles. The third-order valence-electron chi connectivity index (χ3n) is 4.25. The summed E-state index contributed by atoms with van der Waals surface area (Å²) in [5.74, 6) is -0.329. The smallest absolute Gasteiger partial charge is 0.322 e. The highest BCUT2D eigenvalue weighted by molar-refractivity contribution is 6.43. The lowest BCUT2D eigenvalue weighted by Gasteiger charge is -2.34. The highest BCUT2D eigenvalue weighted by atomic mass is 35.5. The number of nitrogens with one attached hydrogen (secondary N) is 1. The van der Waals surface area contributed by atoms with E-state index < -0.39 is 0 Å². The normalized spacial score (nSPS) is 15.0. The van der Waals surface area contributed by atoms with Crippen LogP contribution in [0.5, 0.6) is 0 Å². The van der Waals surface area contributed by atoms with Crippen molar-refractivity contribution in [1.29, 1.82) is 0 Å². The molecule has 1 aromatic rings. The fourth-order valence-electron chi connectivity index (χ4n) is 2.94. The van der Waals surface area contributed by atoms with Gasteiger partial charge in [0.2, 0.25) is 0 Å². The minimum absolute atomic E-state index is 0.126. The molecule has 7 heteroatoms. The number of halogens is 2. The van der Waals surface area contributed by atoms with E-state index in [2.05, 4.69) is 10.1 Å². The third-order valence-corrected chi connectivity index (χ3v) is 5.07. The number of ether oxygens (including phenoxy) is 1. The van der Waals surface area contributed by atoms with Crippen molar-refractivity contribution in [3.05, 3.63) is 28.2 Å². The molecule has 5 nitrogen and oxygen atoms in total. The summed E-state index contributed by atoms with van der Waals surface area (Å²) in [7, 11) is 1.35. The topological polar surface area (TPSA) is 58.6 Å². The fraction of sp³-hybridized carbons (Fsp3) is 0.529. The second kappa shape index (κ2) is 9.14. The number of nitrogens with zero attached hydrogens (tertiary/aromatic N) is 1. The molecule has 0 bridgehead atoms. The van der Waals surface area contributed by atoms with Crippen LogP contribution in [0.2, 0.25) is 10.0 Å².